The number of para-hydroxylation sites is 1. The summed E-state index contributed by atoms with van der Waals surface area (Å²) >= 11 is 13.8. The molecule has 0 saturated carbocycles. The van der Waals surface area contributed by atoms with Crippen molar-refractivity contribution in [2.24, 2.45) is 0 Å². The molecule has 4 aromatic rings. The lowest BCUT2D eigenvalue weighted by molar-refractivity contribution is 0.0479. The smallest absolute Gasteiger partial charge is 0.350 e. The molecule has 2 aromatic carbocycles. The van der Waals surface area contributed by atoms with E-state index in [0.29, 0.717) is 26.4 Å². The second-order valence-electron chi connectivity index (χ2n) is 7.16. The van der Waals surface area contributed by atoms with E-state index in [-0.39, 0.29) is 22.3 Å². The van der Waals surface area contributed by atoms with Gasteiger partial charge in [-0.2, -0.15) is 0 Å². The number of rotatable bonds is 6. The number of aryl methyl sites for hydroxylation is 1. The number of nitrogens with zero attached hydrogens (tertiary/aromatic N) is 1. The number of ketones is 1. The molecule has 0 aliphatic rings. The highest BCUT2D eigenvalue weighted by Crippen LogP contribution is 2.43. The van der Waals surface area contributed by atoms with E-state index in [0.717, 1.165) is 28.4 Å². The molecule has 32 heavy (non-hydrogen) atoms. The summed E-state index contributed by atoms with van der Waals surface area (Å²) in [6.07, 6.45) is 0. The van der Waals surface area contributed by atoms with Gasteiger partial charge in [0.2, 0.25) is 5.78 Å². The zero-order chi connectivity index (χ0) is 23.0. The molecule has 0 atom stereocenters. The molecule has 2 heterocycles. The molecule has 0 amide bonds. The average molecular weight is 488 g/mol. The first kappa shape index (κ1) is 22.4. The zero-order valence-electron chi connectivity index (χ0n) is 17.6. The fourth-order valence-electron chi connectivity index (χ4n) is 3.66. The van der Waals surface area contributed by atoms with Crippen LogP contribution in [0.5, 0.6) is 5.75 Å². The number of halogens is 2. The van der Waals surface area contributed by atoms with Crippen LogP contribution in [0, 0.1) is 13.8 Å². The van der Waals surface area contributed by atoms with Crippen LogP contribution in [0.1, 0.15) is 31.4 Å². The van der Waals surface area contributed by atoms with Gasteiger partial charge in [0.1, 0.15) is 15.6 Å². The molecule has 5 nitrogen and oxygen atoms in total. The molecule has 164 valence electrons. The molecule has 8 heteroatoms. The molecule has 0 spiro atoms. The lowest BCUT2D eigenvalue weighted by Gasteiger charge is -2.09. The summed E-state index contributed by atoms with van der Waals surface area (Å²) in [5, 5.41) is 1.25. The Morgan fingerprint density at radius 1 is 1.03 bits per heavy atom. The van der Waals surface area contributed by atoms with Gasteiger partial charge in [0.15, 0.2) is 6.61 Å². The number of benzene rings is 2. The number of Topliss-reactive ketones (excluding diaryl/α,β-unsaturated/α-hetero) is 1. The van der Waals surface area contributed by atoms with Gasteiger partial charge in [0.05, 0.1) is 16.8 Å². The van der Waals surface area contributed by atoms with Crippen LogP contribution in [0.4, 0.5) is 0 Å². The molecule has 0 aliphatic heterocycles. The molecule has 0 radical (unpaired) electrons. The first-order valence-electron chi connectivity index (χ1n) is 9.72. The minimum Gasteiger partial charge on any atom is -0.495 e. The Kier molecular flexibility index (Phi) is 6.29. The minimum atomic E-state index is -0.670. The van der Waals surface area contributed by atoms with Gasteiger partial charge in [-0.05, 0) is 44.2 Å². The number of aromatic nitrogens is 1. The monoisotopic (exact) mass is 487 g/mol. The number of carbonyl (C=O) groups excluding carboxylic acids is 2. The minimum absolute atomic E-state index is 0.194. The van der Waals surface area contributed by atoms with Crippen molar-refractivity contribution < 1.29 is 19.1 Å². The summed E-state index contributed by atoms with van der Waals surface area (Å²) in [7, 11) is 1.51. The standard InChI is InChI=1S/C24H19Cl2NO4S/c1-13-11-17(14(2)27(13)15-7-5-4-6-8-15)18(28)12-31-24(29)23-20(25)16-9-10-19(30-3)21(26)22(16)32-23/h4-11H,12H2,1-3H3. The third kappa shape index (κ3) is 3.90. The maximum Gasteiger partial charge on any atom is 0.350 e. The number of methoxy groups -OCH3 is 1. The van der Waals surface area contributed by atoms with Gasteiger partial charge < -0.3 is 14.0 Å². The quantitative estimate of drug-likeness (QED) is 0.225. The molecule has 2 aromatic heterocycles. The molecule has 0 bridgehead atoms. The number of carbonyl (C=O) groups is 2. The van der Waals surface area contributed by atoms with Crippen molar-refractivity contribution in [2.75, 3.05) is 13.7 Å². The van der Waals surface area contributed by atoms with Gasteiger partial charge in [-0.3, -0.25) is 4.79 Å². The zero-order valence-corrected chi connectivity index (χ0v) is 19.9. The van der Waals surface area contributed by atoms with Crippen LogP contribution in [0.15, 0.2) is 48.5 Å². The number of thiophene rings is 1. The number of hydrogen-bond acceptors (Lipinski definition) is 5. The Morgan fingerprint density at radius 3 is 2.44 bits per heavy atom. The van der Waals surface area contributed by atoms with Crippen LogP contribution in [-0.2, 0) is 4.74 Å². The summed E-state index contributed by atoms with van der Waals surface area (Å²) < 4.78 is 13.1. The van der Waals surface area contributed by atoms with Gasteiger partial charge in [-0.1, -0.05) is 41.4 Å². The highest BCUT2D eigenvalue weighted by molar-refractivity contribution is 7.22. The maximum absolute atomic E-state index is 12.8. The number of ether oxygens (including phenoxy) is 2. The summed E-state index contributed by atoms with van der Waals surface area (Å²) in [5.74, 6) is -0.469. The second kappa shape index (κ2) is 8.98. The Balaban J connectivity index is 1.55. The van der Waals surface area contributed by atoms with Gasteiger partial charge >= 0.3 is 5.97 Å². The van der Waals surface area contributed by atoms with E-state index >= 15 is 0 Å². The predicted octanol–water partition coefficient (Wildman–Crippen LogP) is 6.66. The molecule has 0 aliphatic carbocycles. The lowest BCUT2D eigenvalue weighted by Crippen LogP contribution is -2.14. The summed E-state index contributed by atoms with van der Waals surface area (Å²) in [6.45, 7) is 3.41. The fraction of sp³-hybridized carbons (Fsp3) is 0.167. The first-order chi connectivity index (χ1) is 15.3. The third-order valence-electron chi connectivity index (χ3n) is 5.19. The fourth-order valence-corrected chi connectivity index (χ4v) is 5.44. The molecular weight excluding hydrogens is 469 g/mol. The van der Waals surface area contributed by atoms with Crippen LogP contribution in [-0.4, -0.2) is 30.0 Å². The summed E-state index contributed by atoms with van der Waals surface area (Å²) in [5.41, 5.74) is 3.17. The highest BCUT2D eigenvalue weighted by Gasteiger charge is 2.23. The van der Waals surface area contributed by atoms with Crippen molar-refractivity contribution in [3.05, 3.63) is 80.4 Å². The van der Waals surface area contributed by atoms with E-state index in [2.05, 4.69) is 0 Å². The first-order valence-corrected chi connectivity index (χ1v) is 11.3. The largest absolute Gasteiger partial charge is 0.495 e. The van der Waals surface area contributed by atoms with Crippen molar-refractivity contribution in [3.8, 4) is 11.4 Å². The van der Waals surface area contributed by atoms with Crippen molar-refractivity contribution in [1.29, 1.82) is 0 Å². The average Bonchev–Trinajstić information content (AvgIpc) is 3.29. The molecular formula is C24H19Cl2NO4S. The van der Waals surface area contributed by atoms with Crippen LogP contribution in [0.3, 0.4) is 0 Å². The second-order valence-corrected chi connectivity index (χ2v) is 8.94. The van der Waals surface area contributed by atoms with Crippen molar-refractivity contribution in [3.63, 3.8) is 0 Å². The van der Waals surface area contributed by atoms with E-state index in [4.69, 9.17) is 32.7 Å². The molecule has 0 N–H and O–H groups in total. The predicted molar refractivity (Wildman–Crippen MR) is 128 cm³/mol. The van der Waals surface area contributed by atoms with Gasteiger partial charge in [0, 0.05) is 28.0 Å². The molecule has 4 rings (SSSR count). The number of fused-ring (bicyclic) bond motifs is 1. The van der Waals surface area contributed by atoms with Crippen LogP contribution < -0.4 is 4.74 Å². The van der Waals surface area contributed by atoms with Crippen LogP contribution in [0.25, 0.3) is 15.8 Å². The molecule has 0 saturated heterocycles. The summed E-state index contributed by atoms with van der Waals surface area (Å²) in [6, 6.07) is 15.0. The maximum atomic E-state index is 12.8. The van der Waals surface area contributed by atoms with Crippen molar-refractivity contribution in [2.45, 2.75) is 13.8 Å². The Labute approximate surface area is 199 Å². The van der Waals surface area contributed by atoms with E-state index in [1.807, 2.05) is 48.7 Å². The van der Waals surface area contributed by atoms with E-state index in [1.165, 1.54) is 7.11 Å². The van der Waals surface area contributed by atoms with E-state index < -0.39 is 5.97 Å². The Bertz CT molecular complexity index is 1340. The van der Waals surface area contributed by atoms with Crippen LogP contribution >= 0.6 is 34.5 Å². The van der Waals surface area contributed by atoms with E-state index in [9.17, 15) is 9.59 Å². The third-order valence-corrected chi connectivity index (χ3v) is 7.38. The lowest BCUT2D eigenvalue weighted by atomic mass is 10.1. The molecule has 0 fully saturated rings. The Morgan fingerprint density at radius 2 is 1.75 bits per heavy atom. The van der Waals surface area contributed by atoms with Crippen LogP contribution in [0.2, 0.25) is 10.0 Å². The number of hydrogen-bond donors (Lipinski definition) is 0. The highest BCUT2D eigenvalue weighted by atomic mass is 35.5. The van der Waals surface area contributed by atoms with Crippen molar-refractivity contribution in [1.82, 2.24) is 4.57 Å². The molecule has 0 unspecified atom stereocenters. The van der Waals surface area contributed by atoms with Gasteiger partial charge in [0.25, 0.3) is 0 Å². The number of esters is 1. The van der Waals surface area contributed by atoms with Gasteiger partial charge in [-0.15, -0.1) is 11.3 Å². The summed E-state index contributed by atoms with van der Waals surface area (Å²) in [4.78, 5) is 25.7. The van der Waals surface area contributed by atoms with E-state index in [1.54, 1.807) is 18.2 Å². The van der Waals surface area contributed by atoms with Crippen molar-refractivity contribution >= 4 is 56.4 Å². The Hall–Kier alpha value is -2.80. The topological polar surface area (TPSA) is 57.5 Å². The van der Waals surface area contributed by atoms with Gasteiger partial charge in [-0.25, -0.2) is 4.79 Å². The normalized spacial score (nSPS) is 11.0. The SMILES string of the molecule is COc1ccc2c(Cl)c(C(=O)OCC(=O)c3cc(C)n(-c4ccccc4)c3C)sc2c1Cl.